The summed E-state index contributed by atoms with van der Waals surface area (Å²) < 4.78 is 5.07. The molecule has 6 heteroatoms. The van der Waals surface area contributed by atoms with Crippen LogP contribution >= 0.6 is 0 Å². The highest BCUT2D eigenvalue weighted by molar-refractivity contribution is 5.89. The number of carbonyl (C=O) groups is 2. The molecule has 0 bridgehead atoms. The van der Waals surface area contributed by atoms with E-state index in [1.165, 1.54) is 0 Å². The second-order valence-corrected chi connectivity index (χ2v) is 6.51. The van der Waals surface area contributed by atoms with Crippen molar-refractivity contribution < 1.29 is 14.3 Å². The highest BCUT2D eigenvalue weighted by Gasteiger charge is 2.12. The number of hydrogen-bond acceptors (Lipinski definition) is 3. The zero-order chi connectivity index (χ0) is 19.8. The molecule has 3 N–H and O–H groups in total. The van der Waals surface area contributed by atoms with E-state index in [4.69, 9.17) is 4.74 Å². The smallest absolute Gasteiger partial charge is 0.319 e. The molecule has 0 spiro atoms. The summed E-state index contributed by atoms with van der Waals surface area (Å²) in [6.07, 6.45) is 0.214. The third-order valence-corrected chi connectivity index (χ3v) is 4.26. The van der Waals surface area contributed by atoms with Crippen molar-refractivity contribution in [2.24, 2.45) is 0 Å². The average Bonchev–Trinajstić information content (AvgIpc) is 2.64. The minimum atomic E-state index is -0.351. The minimum Gasteiger partial charge on any atom is -0.497 e. The molecular weight excluding hydrogens is 342 g/mol. The zero-order valence-electron chi connectivity index (χ0n) is 16.3. The van der Waals surface area contributed by atoms with Gasteiger partial charge in [0, 0.05) is 18.7 Å². The molecule has 0 aliphatic carbocycles. The van der Waals surface area contributed by atoms with Crippen LogP contribution in [0.2, 0.25) is 0 Å². The fourth-order valence-corrected chi connectivity index (χ4v) is 2.76. The zero-order valence-corrected chi connectivity index (χ0v) is 16.3. The van der Waals surface area contributed by atoms with Gasteiger partial charge in [-0.05, 0) is 56.2 Å². The lowest BCUT2D eigenvalue weighted by atomic mass is 10.00. The molecule has 0 saturated carbocycles. The molecular formula is C21H27N3O3. The Labute approximate surface area is 160 Å². The van der Waals surface area contributed by atoms with Crippen molar-refractivity contribution >= 4 is 17.6 Å². The van der Waals surface area contributed by atoms with Crippen LogP contribution in [0.25, 0.3) is 0 Å². The number of methoxy groups -OCH3 is 1. The van der Waals surface area contributed by atoms with E-state index in [1.807, 2.05) is 20.8 Å². The maximum absolute atomic E-state index is 12.1. The van der Waals surface area contributed by atoms with E-state index < -0.39 is 0 Å². The number of hydrogen-bond donors (Lipinski definition) is 3. The Balaban J connectivity index is 1.74. The summed E-state index contributed by atoms with van der Waals surface area (Å²) in [6, 6.07) is 12.8. The number of rotatable bonds is 7. The third kappa shape index (κ3) is 6.33. The van der Waals surface area contributed by atoms with Crippen LogP contribution < -0.4 is 20.7 Å². The van der Waals surface area contributed by atoms with E-state index >= 15 is 0 Å². The first kappa shape index (κ1) is 20.3. The summed E-state index contributed by atoms with van der Waals surface area (Å²) >= 11 is 0. The molecule has 6 nitrogen and oxygen atoms in total. The first-order valence-corrected chi connectivity index (χ1v) is 8.94. The summed E-state index contributed by atoms with van der Waals surface area (Å²) in [5.41, 5.74) is 4.06. The van der Waals surface area contributed by atoms with Crippen molar-refractivity contribution in [3.63, 3.8) is 0 Å². The predicted octanol–water partition coefficient (Wildman–Crippen LogP) is 3.70. The number of urea groups is 1. The number of nitrogens with one attached hydrogen (secondary N) is 3. The monoisotopic (exact) mass is 369 g/mol. The standard InChI is InChI=1S/C21H27N3O3/c1-14-5-6-15(2)19(13-14)16(3)23-20(25)11-12-22-21(26)24-17-7-9-18(27-4)10-8-17/h5-10,13,16H,11-12H2,1-4H3,(H,23,25)(H2,22,24,26). The largest absolute Gasteiger partial charge is 0.497 e. The lowest BCUT2D eigenvalue weighted by Gasteiger charge is -2.17. The highest BCUT2D eigenvalue weighted by Crippen LogP contribution is 2.19. The van der Waals surface area contributed by atoms with E-state index in [-0.39, 0.29) is 30.9 Å². The van der Waals surface area contributed by atoms with Crippen molar-refractivity contribution in [1.82, 2.24) is 10.6 Å². The quantitative estimate of drug-likeness (QED) is 0.696. The van der Waals surface area contributed by atoms with E-state index in [1.54, 1.807) is 31.4 Å². The molecule has 144 valence electrons. The van der Waals surface area contributed by atoms with Crippen LogP contribution in [0.3, 0.4) is 0 Å². The van der Waals surface area contributed by atoms with Crippen LogP contribution in [0.15, 0.2) is 42.5 Å². The fraction of sp³-hybridized carbons (Fsp3) is 0.333. The molecule has 3 amide bonds. The number of carbonyl (C=O) groups excluding carboxylic acids is 2. The summed E-state index contributed by atoms with van der Waals surface area (Å²) in [5, 5.41) is 8.37. The molecule has 2 aromatic rings. The van der Waals surface area contributed by atoms with Gasteiger partial charge in [0.05, 0.1) is 13.2 Å². The molecule has 0 aliphatic rings. The number of amides is 3. The Morgan fingerprint density at radius 3 is 2.44 bits per heavy atom. The summed E-state index contributed by atoms with van der Waals surface area (Å²) in [4.78, 5) is 24.0. The number of ether oxygens (including phenoxy) is 1. The normalized spacial score (nSPS) is 11.4. The van der Waals surface area contributed by atoms with Gasteiger partial charge in [-0.1, -0.05) is 23.8 Å². The second-order valence-electron chi connectivity index (χ2n) is 6.51. The molecule has 2 rings (SSSR count). The Bertz CT molecular complexity index is 788. The van der Waals surface area contributed by atoms with Gasteiger partial charge >= 0.3 is 6.03 Å². The topological polar surface area (TPSA) is 79.5 Å². The van der Waals surface area contributed by atoms with Gasteiger partial charge in [-0.2, -0.15) is 0 Å². The van der Waals surface area contributed by atoms with Crippen molar-refractivity contribution in [2.75, 3.05) is 19.0 Å². The maximum atomic E-state index is 12.1. The molecule has 0 fully saturated rings. The van der Waals surface area contributed by atoms with E-state index in [0.29, 0.717) is 5.69 Å². The number of aryl methyl sites for hydroxylation is 2. The Morgan fingerprint density at radius 1 is 1.07 bits per heavy atom. The molecule has 0 heterocycles. The van der Waals surface area contributed by atoms with Gasteiger partial charge in [0.1, 0.15) is 5.75 Å². The van der Waals surface area contributed by atoms with Gasteiger partial charge in [0.15, 0.2) is 0 Å². The highest BCUT2D eigenvalue weighted by atomic mass is 16.5. The first-order chi connectivity index (χ1) is 12.9. The first-order valence-electron chi connectivity index (χ1n) is 8.94. The summed E-state index contributed by atoms with van der Waals surface area (Å²) in [5.74, 6) is 0.615. The predicted molar refractivity (Wildman–Crippen MR) is 107 cm³/mol. The third-order valence-electron chi connectivity index (χ3n) is 4.26. The average molecular weight is 369 g/mol. The lowest BCUT2D eigenvalue weighted by molar-refractivity contribution is -0.121. The molecule has 1 unspecified atom stereocenters. The van der Waals surface area contributed by atoms with Gasteiger partial charge < -0.3 is 20.7 Å². The Hall–Kier alpha value is -3.02. The number of benzene rings is 2. The van der Waals surface area contributed by atoms with Gasteiger partial charge in [-0.15, -0.1) is 0 Å². The van der Waals surface area contributed by atoms with Crippen molar-refractivity contribution in [2.45, 2.75) is 33.2 Å². The Morgan fingerprint density at radius 2 is 1.78 bits per heavy atom. The van der Waals surface area contributed by atoms with E-state index in [9.17, 15) is 9.59 Å². The molecule has 2 aromatic carbocycles. The number of anilines is 1. The van der Waals surface area contributed by atoms with Crippen LogP contribution in [-0.4, -0.2) is 25.6 Å². The van der Waals surface area contributed by atoms with E-state index in [2.05, 4.69) is 34.1 Å². The van der Waals surface area contributed by atoms with Crippen LogP contribution in [-0.2, 0) is 4.79 Å². The van der Waals surface area contributed by atoms with Crippen LogP contribution in [0.4, 0.5) is 10.5 Å². The SMILES string of the molecule is COc1ccc(NC(=O)NCCC(=O)NC(C)c2cc(C)ccc2C)cc1. The van der Waals surface area contributed by atoms with Crippen molar-refractivity contribution in [1.29, 1.82) is 0 Å². The van der Waals surface area contributed by atoms with Gasteiger partial charge in [-0.3, -0.25) is 4.79 Å². The van der Waals surface area contributed by atoms with Crippen LogP contribution in [0.5, 0.6) is 5.75 Å². The van der Waals surface area contributed by atoms with Crippen molar-refractivity contribution in [3.05, 3.63) is 59.2 Å². The molecule has 27 heavy (non-hydrogen) atoms. The molecule has 0 radical (unpaired) electrons. The minimum absolute atomic E-state index is 0.0782. The van der Waals surface area contributed by atoms with Crippen LogP contribution in [0, 0.1) is 13.8 Å². The fourth-order valence-electron chi connectivity index (χ4n) is 2.76. The second kappa shape index (κ2) is 9.62. The molecule has 0 aliphatic heterocycles. The van der Waals surface area contributed by atoms with E-state index in [0.717, 1.165) is 22.4 Å². The molecule has 1 atom stereocenters. The lowest BCUT2D eigenvalue weighted by Crippen LogP contribution is -2.34. The van der Waals surface area contributed by atoms with Crippen molar-refractivity contribution in [3.8, 4) is 5.75 Å². The molecule has 0 aromatic heterocycles. The molecule has 0 saturated heterocycles. The Kier molecular flexibility index (Phi) is 7.23. The maximum Gasteiger partial charge on any atom is 0.319 e. The van der Waals surface area contributed by atoms with Gasteiger partial charge in [0.25, 0.3) is 0 Å². The van der Waals surface area contributed by atoms with Gasteiger partial charge in [-0.25, -0.2) is 4.79 Å². The van der Waals surface area contributed by atoms with Gasteiger partial charge in [0.2, 0.25) is 5.91 Å². The summed E-state index contributed by atoms with van der Waals surface area (Å²) in [6.45, 7) is 6.28. The van der Waals surface area contributed by atoms with Crippen LogP contribution in [0.1, 0.15) is 36.1 Å². The summed E-state index contributed by atoms with van der Waals surface area (Å²) in [7, 11) is 1.58.